The molecule has 152 valence electrons. The van der Waals surface area contributed by atoms with Crippen LogP contribution in [0.1, 0.15) is 24.5 Å². The van der Waals surface area contributed by atoms with Gasteiger partial charge in [-0.15, -0.1) is 0 Å². The highest BCUT2D eigenvalue weighted by atomic mass is 35.5. The third-order valence-electron chi connectivity index (χ3n) is 4.21. The minimum Gasteiger partial charge on any atom is -0.495 e. The van der Waals surface area contributed by atoms with Gasteiger partial charge in [0.2, 0.25) is 15.9 Å². The first kappa shape index (κ1) is 22.0. The Kier molecular flexibility index (Phi) is 6.96. The van der Waals surface area contributed by atoms with E-state index in [9.17, 15) is 13.2 Å². The van der Waals surface area contributed by atoms with Gasteiger partial charge in [0.15, 0.2) is 0 Å². The fourth-order valence-electron chi connectivity index (χ4n) is 3.11. The smallest absolute Gasteiger partial charge is 0.248 e. The average Bonchev–Trinajstić information content (AvgIpc) is 2.57. The molecule has 0 aromatic heterocycles. The van der Waals surface area contributed by atoms with Crippen molar-refractivity contribution in [2.45, 2.75) is 33.2 Å². The van der Waals surface area contributed by atoms with E-state index >= 15 is 0 Å². The molecule has 6 nitrogen and oxygen atoms in total. The van der Waals surface area contributed by atoms with Gasteiger partial charge in [-0.2, -0.15) is 0 Å². The molecule has 8 heteroatoms. The van der Waals surface area contributed by atoms with Gasteiger partial charge >= 0.3 is 0 Å². The molecule has 0 fully saturated rings. The van der Waals surface area contributed by atoms with Crippen LogP contribution in [0.5, 0.6) is 5.75 Å². The number of sulfonamides is 1. The van der Waals surface area contributed by atoms with E-state index in [1.165, 1.54) is 11.4 Å². The number of hydrogen-bond donors (Lipinski definition) is 1. The van der Waals surface area contributed by atoms with E-state index in [-0.39, 0.29) is 0 Å². The molecule has 0 saturated heterocycles. The predicted molar refractivity (Wildman–Crippen MR) is 114 cm³/mol. The lowest BCUT2D eigenvalue weighted by Crippen LogP contribution is -2.47. The Hall–Kier alpha value is -2.25. The van der Waals surface area contributed by atoms with E-state index < -0.39 is 22.0 Å². The zero-order valence-electron chi connectivity index (χ0n) is 16.6. The molecule has 2 aromatic rings. The summed E-state index contributed by atoms with van der Waals surface area (Å²) in [6, 6.07) is 9.41. The van der Waals surface area contributed by atoms with Gasteiger partial charge in [0.25, 0.3) is 0 Å². The van der Waals surface area contributed by atoms with Crippen molar-refractivity contribution in [2.75, 3.05) is 23.0 Å². The maximum Gasteiger partial charge on any atom is 0.248 e. The SMILES string of the molecule is CCC(C(=O)Nc1ccc(OC)c(Cl)c1)N(c1cc(C)cc(C)c1)S(C)(=O)=O. The Balaban J connectivity index is 2.40. The number of anilines is 2. The monoisotopic (exact) mass is 424 g/mol. The summed E-state index contributed by atoms with van der Waals surface area (Å²) in [6.07, 6.45) is 1.40. The Morgan fingerprint density at radius 2 is 1.79 bits per heavy atom. The molecule has 1 amide bonds. The lowest BCUT2D eigenvalue weighted by molar-refractivity contribution is -0.117. The van der Waals surface area contributed by atoms with Crippen molar-refractivity contribution >= 4 is 38.9 Å². The Morgan fingerprint density at radius 3 is 2.25 bits per heavy atom. The summed E-state index contributed by atoms with van der Waals surface area (Å²) in [5.74, 6) is 0.0491. The standard InChI is InChI=1S/C20H25ClN2O4S/c1-6-18(20(24)22-15-7-8-19(27-4)17(21)12-15)23(28(5,25)26)16-10-13(2)9-14(3)11-16/h7-12,18H,6H2,1-5H3,(H,22,24). The van der Waals surface area contributed by atoms with Crippen LogP contribution in [0.25, 0.3) is 0 Å². The molecule has 28 heavy (non-hydrogen) atoms. The van der Waals surface area contributed by atoms with Crippen LogP contribution in [0.2, 0.25) is 5.02 Å². The number of amides is 1. The first-order chi connectivity index (χ1) is 13.1. The summed E-state index contributed by atoms with van der Waals surface area (Å²) in [5.41, 5.74) is 2.76. The fraction of sp³-hybridized carbons (Fsp3) is 0.350. The maximum atomic E-state index is 12.9. The molecular weight excluding hydrogens is 400 g/mol. The van der Waals surface area contributed by atoms with Crippen molar-refractivity contribution in [3.05, 3.63) is 52.5 Å². The molecule has 0 saturated carbocycles. The van der Waals surface area contributed by atoms with Gasteiger partial charge in [0.1, 0.15) is 11.8 Å². The second-order valence-corrected chi connectivity index (χ2v) is 8.93. The van der Waals surface area contributed by atoms with Gasteiger partial charge in [-0.25, -0.2) is 8.42 Å². The quantitative estimate of drug-likeness (QED) is 0.724. The second kappa shape index (κ2) is 8.84. The van der Waals surface area contributed by atoms with Crippen molar-refractivity contribution in [3.8, 4) is 5.75 Å². The lowest BCUT2D eigenvalue weighted by atomic mass is 10.1. The van der Waals surface area contributed by atoms with Crippen LogP contribution in [0, 0.1) is 13.8 Å². The normalized spacial score (nSPS) is 12.4. The lowest BCUT2D eigenvalue weighted by Gasteiger charge is -2.30. The topological polar surface area (TPSA) is 75.7 Å². The summed E-state index contributed by atoms with van der Waals surface area (Å²) < 4.78 is 31.4. The summed E-state index contributed by atoms with van der Waals surface area (Å²) >= 11 is 6.11. The van der Waals surface area contributed by atoms with Crippen LogP contribution in [-0.4, -0.2) is 33.7 Å². The number of nitrogens with zero attached hydrogens (tertiary/aromatic N) is 1. The van der Waals surface area contributed by atoms with Crippen LogP contribution in [0.15, 0.2) is 36.4 Å². The molecule has 2 rings (SSSR count). The maximum absolute atomic E-state index is 12.9. The number of ether oxygens (including phenoxy) is 1. The molecule has 0 spiro atoms. The molecule has 0 aliphatic rings. The van der Waals surface area contributed by atoms with Gasteiger partial charge in [0.05, 0.1) is 24.1 Å². The number of nitrogens with one attached hydrogen (secondary N) is 1. The number of hydrogen-bond acceptors (Lipinski definition) is 4. The number of carbonyl (C=O) groups excluding carboxylic acids is 1. The third-order valence-corrected chi connectivity index (χ3v) is 5.69. The minimum absolute atomic E-state index is 0.301. The third kappa shape index (κ3) is 5.17. The van der Waals surface area contributed by atoms with Crippen LogP contribution < -0.4 is 14.4 Å². The van der Waals surface area contributed by atoms with Crippen molar-refractivity contribution < 1.29 is 17.9 Å². The summed E-state index contributed by atoms with van der Waals surface area (Å²) in [7, 11) is -2.19. The van der Waals surface area contributed by atoms with Gasteiger partial charge < -0.3 is 10.1 Å². The van der Waals surface area contributed by atoms with E-state index in [1.54, 1.807) is 37.3 Å². The predicted octanol–water partition coefficient (Wildman–Crippen LogP) is 4.15. The molecule has 1 N–H and O–H groups in total. The van der Waals surface area contributed by atoms with Gasteiger partial charge in [-0.05, 0) is 61.7 Å². The number of carbonyl (C=O) groups is 1. The Morgan fingerprint density at radius 1 is 1.18 bits per heavy atom. The van der Waals surface area contributed by atoms with E-state index in [1.807, 2.05) is 19.9 Å². The number of aryl methyl sites for hydroxylation is 2. The first-order valence-electron chi connectivity index (χ1n) is 8.79. The van der Waals surface area contributed by atoms with Crippen LogP contribution in [0.3, 0.4) is 0 Å². The van der Waals surface area contributed by atoms with Crippen molar-refractivity contribution in [1.29, 1.82) is 0 Å². The molecule has 0 radical (unpaired) electrons. The molecule has 0 aliphatic carbocycles. The molecule has 1 unspecified atom stereocenters. The van der Waals surface area contributed by atoms with Crippen LogP contribution >= 0.6 is 11.6 Å². The highest BCUT2D eigenvalue weighted by Crippen LogP contribution is 2.29. The highest BCUT2D eigenvalue weighted by molar-refractivity contribution is 7.92. The zero-order chi connectivity index (χ0) is 21.1. The number of methoxy groups -OCH3 is 1. The first-order valence-corrected chi connectivity index (χ1v) is 11.0. The summed E-state index contributed by atoms with van der Waals surface area (Å²) in [6.45, 7) is 5.54. The summed E-state index contributed by atoms with van der Waals surface area (Å²) in [4.78, 5) is 12.9. The summed E-state index contributed by atoms with van der Waals surface area (Å²) in [5, 5.41) is 3.10. The van der Waals surface area contributed by atoms with Crippen LogP contribution in [-0.2, 0) is 14.8 Å². The Bertz CT molecular complexity index is 956. The molecule has 1 atom stereocenters. The van der Waals surface area contributed by atoms with Gasteiger partial charge in [-0.3, -0.25) is 9.10 Å². The second-order valence-electron chi connectivity index (χ2n) is 6.67. The Labute approximate surface area is 171 Å². The average molecular weight is 425 g/mol. The highest BCUT2D eigenvalue weighted by Gasteiger charge is 2.31. The zero-order valence-corrected chi connectivity index (χ0v) is 18.2. The minimum atomic E-state index is -3.69. The molecule has 0 heterocycles. The van der Waals surface area contributed by atoms with Crippen molar-refractivity contribution in [3.63, 3.8) is 0 Å². The number of halogens is 1. The number of benzene rings is 2. The van der Waals surface area contributed by atoms with E-state index in [0.29, 0.717) is 28.6 Å². The largest absolute Gasteiger partial charge is 0.495 e. The molecular formula is C20H25ClN2O4S. The fourth-order valence-corrected chi connectivity index (χ4v) is 4.56. The van der Waals surface area contributed by atoms with Crippen molar-refractivity contribution in [1.82, 2.24) is 0 Å². The van der Waals surface area contributed by atoms with E-state index in [4.69, 9.17) is 16.3 Å². The van der Waals surface area contributed by atoms with Gasteiger partial charge in [0, 0.05) is 5.69 Å². The molecule has 0 bridgehead atoms. The van der Waals surface area contributed by atoms with Crippen LogP contribution in [0.4, 0.5) is 11.4 Å². The van der Waals surface area contributed by atoms with Crippen molar-refractivity contribution in [2.24, 2.45) is 0 Å². The van der Waals surface area contributed by atoms with E-state index in [0.717, 1.165) is 17.4 Å². The molecule has 2 aromatic carbocycles. The number of rotatable bonds is 7. The van der Waals surface area contributed by atoms with Gasteiger partial charge in [-0.1, -0.05) is 24.6 Å². The van der Waals surface area contributed by atoms with E-state index in [2.05, 4.69) is 5.32 Å². The molecule has 0 aliphatic heterocycles.